The number of hydrogen-bond acceptors (Lipinski definition) is 3. The molecule has 2 unspecified atom stereocenters. The van der Waals surface area contributed by atoms with Crippen LogP contribution in [0.1, 0.15) is 19.8 Å². The normalized spacial score (nSPS) is 34.7. The molecule has 3 nitrogen and oxygen atoms in total. The Morgan fingerprint density at radius 3 is 2.57 bits per heavy atom. The van der Waals surface area contributed by atoms with Crippen molar-refractivity contribution in [1.82, 2.24) is 9.80 Å². The molecule has 14 heavy (non-hydrogen) atoms. The van der Waals surface area contributed by atoms with Gasteiger partial charge in [-0.2, -0.15) is 0 Å². The third kappa shape index (κ3) is 2.27. The van der Waals surface area contributed by atoms with Crippen LogP contribution in [0.4, 0.5) is 0 Å². The van der Waals surface area contributed by atoms with Gasteiger partial charge in [0.05, 0.1) is 0 Å². The average Bonchev–Trinajstić information content (AvgIpc) is 2.51. The lowest BCUT2D eigenvalue weighted by Crippen LogP contribution is -2.53. The molecule has 0 radical (unpaired) electrons. The predicted molar refractivity (Wildman–Crippen MR) is 59.3 cm³/mol. The number of nitrogens with two attached hydrogens (primary N) is 1. The molecule has 2 heterocycles. The Kier molecular flexibility index (Phi) is 3.42. The van der Waals surface area contributed by atoms with Crippen molar-refractivity contribution < 1.29 is 0 Å². The predicted octanol–water partition coefficient (Wildman–Crippen LogP) is 0.361. The second-order valence-corrected chi connectivity index (χ2v) is 4.91. The fraction of sp³-hybridized carbons (Fsp3) is 1.00. The van der Waals surface area contributed by atoms with Crippen molar-refractivity contribution in [2.75, 3.05) is 39.3 Å². The molecule has 3 heteroatoms. The van der Waals surface area contributed by atoms with Gasteiger partial charge in [-0.1, -0.05) is 6.92 Å². The van der Waals surface area contributed by atoms with Gasteiger partial charge in [0.2, 0.25) is 0 Å². The summed E-state index contributed by atoms with van der Waals surface area (Å²) in [5.41, 5.74) is 5.67. The number of nitrogens with zero attached hydrogens (tertiary/aromatic N) is 2. The Balaban J connectivity index is 1.63. The smallest absolute Gasteiger partial charge is 0.0231 e. The van der Waals surface area contributed by atoms with Crippen LogP contribution in [0, 0.1) is 5.92 Å². The highest BCUT2D eigenvalue weighted by atomic mass is 15.3. The van der Waals surface area contributed by atoms with Gasteiger partial charge in [-0.25, -0.2) is 0 Å². The highest BCUT2D eigenvalue weighted by molar-refractivity contribution is 4.84. The minimum atomic E-state index is 0.690. The summed E-state index contributed by atoms with van der Waals surface area (Å²) in [7, 11) is 0. The largest absolute Gasteiger partial charge is 0.329 e. The van der Waals surface area contributed by atoms with Gasteiger partial charge in [-0.15, -0.1) is 0 Å². The van der Waals surface area contributed by atoms with Gasteiger partial charge in [0.1, 0.15) is 0 Å². The summed E-state index contributed by atoms with van der Waals surface area (Å²) in [5, 5.41) is 0. The summed E-state index contributed by atoms with van der Waals surface area (Å²) in [4.78, 5) is 5.12. The molecule has 0 aromatic rings. The topological polar surface area (TPSA) is 32.5 Å². The first kappa shape index (κ1) is 10.4. The first-order valence-electron chi connectivity index (χ1n) is 5.96. The van der Waals surface area contributed by atoms with Crippen LogP contribution in [-0.2, 0) is 0 Å². The molecule has 0 bridgehead atoms. The molecule has 2 N–H and O–H groups in total. The Hall–Kier alpha value is -0.120. The van der Waals surface area contributed by atoms with E-state index in [0.717, 1.165) is 12.5 Å². The zero-order chi connectivity index (χ0) is 9.97. The minimum Gasteiger partial charge on any atom is -0.329 e. The van der Waals surface area contributed by atoms with Crippen molar-refractivity contribution >= 4 is 0 Å². The molecule has 0 aromatic heterocycles. The Morgan fingerprint density at radius 2 is 2.07 bits per heavy atom. The van der Waals surface area contributed by atoms with Gasteiger partial charge < -0.3 is 10.6 Å². The highest BCUT2D eigenvalue weighted by Crippen LogP contribution is 2.18. The second kappa shape index (κ2) is 4.60. The first-order chi connectivity index (χ1) is 6.79. The Morgan fingerprint density at radius 1 is 1.21 bits per heavy atom. The van der Waals surface area contributed by atoms with Gasteiger partial charge in [0.15, 0.2) is 0 Å². The van der Waals surface area contributed by atoms with Gasteiger partial charge in [-0.05, 0) is 25.3 Å². The van der Waals surface area contributed by atoms with Crippen molar-refractivity contribution in [2.45, 2.75) is 25.8 Å². The SMILES string of the molecule is CC1CCN(CCN2CCC2CN)C1. The maximum atomic E-state index is 5.67. The summed E-state index contributed by atoms with van der Waals surface area (Å²) in [6.07, 6.45) is 2.70. The first-order valence-corrected chi connectivity index (χ1v) is 5.96. The molecule has 2 aliphatic heterocycles. The molecule has 2 aliphatic rings. The second-order valence-electron chi connectivity index (χ2n) is 4.91. The van der Waals surface area contributed by atoms with Crippen molar-refractivity contribution in [3.05, 3.63) is 0 Å². The van der Waals surface area contributed by atoms with E-state index in [9.17, 15) is 0 Å². The summed E-state index contributed by atoms with van der Waals surface area (Å²) in [6.45, 7) is 9.56. The summed E-state index contributed by atoms with van der Waals surface area (Å²) >= 11 is 0. The van der Waals surface area contributed by atoms with Crippen LogP contribution in [-0.4, -0.2) is 55.1 Å². The summed E-state index contributed by atoms with van der Waals surface area (Å²) < 4.78 is 0. The lowest BCUT2D eigenvalue weighted by atomic mass is 10.0. The number of hydrogen-bond donors (Lipinski definition) is 1. The molecule has 2 fully saturated rings. The number of rotatable bonds is 4. The molecule has 2 saturated heterocycles. The Labute approximate surface area is 87.2 Å². The van der Waals surface area contributed by atoms with Crippen molar-refractivity contribution in [2.24, 2.45) is 11.7 Å². The quantitative estimate of drug-likeness (QED) is 0.706. The average molecular weight is 197 g/mol. The van der Waals surface area contributed by atoms with E-state index in [0.29, 0.717) is 6.04 Å². The monoisotopic (exact) mass is 197 g/mol. The fourth-order valence-electron chi connectivity index (χ4n) is 2.55. The molecule has 0 amide bonds. The van der Waals surface area contributed by atoms with Gasteiger partial charge in [-0.3, -0.25) is 4.90 Å². The number of likely N-dealkylation sites (tertiary alicyclic amines) is 2. The summed E-state index contributed by atoms with van der Waals surface area (Å²) in [5.74, 6) is 0.914. The van der Waals surface area contributed by atoms with Gasteiger partial charge in [0, 0.05) is 38.8 Å². The summed E-state index contributed by atoms with van der Waals surface area (Å²) in [6, 6.07) is 0.690. The van der Waals surface area contributed by atoms with Crippen LogP contribution in [0.3, 0.4) is 0 Å². The van der Waals surface area contributed by atoms with Crippen molar-refractivity contribution in [3.8, 4) is 0 Å². The van der Waals surface area contributed by atoms with Crippen LogP contribution in [0.15, 0.2) is 0 Å². The van der Waals surface area contributed by atoms with Crippen LogP contribution in [0.2, 0.25) is 0 Å². The molecule has 82 valence electrons. The standard InChI is InChI=1S/C11H23N3/c1-10-2-4-13(9-10)6-7-14-5-3-11(14)8-12/h10-11H,2-9,12H2,1H3. The van der Waals surface area contributed by atoms with E-state index in [1.807, 2.05) is 0 Å². The third-order valence-corrected chi connectivity index (χ3v) is 3.75. The van der Waals surface area contributed by atoms with Gasteiger partial charge >= 0.3 is 0 Å². The van der Waals surface area contributed by atoms with Crippen LogP contribution in [0.25, 0.3) is 0 Å². The minimum absolute atomic E-state index is 0.690. The highest BCUT2D eigenvalue weighted by Gasteiger charge is 2.27. The van der Waals surface area contributed by atoms with Crippen LogP contribution >= 0.6 is 0 Å². The zero-order valence-corrected chi connectivity index (χ0v) is 9.28. The van der Waals surface area contributed by atoms with Crippen LogP contribution in [0.5, 0.6) is 0 Å². The van der Waals surface area contributed by atoms with E-state index in [1.165, 1.54) is 45.6 Å². The molecule has 2 rings (SSSR count). The maximum Gasteiger partial charge on any atom is 0.0231 e. The van der Waals surface area contributed by atoms with E-state index >= 15 is 0 Å². The molecular formula is C11H23N3. The Bertz CT molecular complexity index is 179. The lowest BCUT2D eigenvalue weighted by Gasteiger charge is -2.41. The zero-order valence-electron chi connectivity index (χ0n) is 9.28. The molecular weight excluding hydrogens is 174 g/mol. The van der Waals surface area contributed by atoms with Crippen LogP contribution < -0.4 is 5.73 Å². The lowest BCUT2D eigenvalue weighted by molar-refractivity contribution is 0.0844. The molecule has 0 aromatic carbocycles. The van der Waals surface area contributed by atoms with E-state index in [1.54, 1.807) is 0 Å². The molecule has 0 spiro atoms. The van der Waals surface area contributed by atoms with Crippen molar-refractivity contribution in [1.29, 1.82) is 0 Å². The van der Waals surface area contributed by atoms with E-state index in [-0.39, 0.29) is 0 Å². The molecule has 2 atom stereocenters. The van der Waals surface area contributed by atoms with E-state index < -0.39 is 0 Å². The van der Waals surface area contributed by atoms with E-state index in [4.69, 9.17) is 5.73 Å². The molecule has 0 aliphatic carbocycles. The molecule has 0 saturated carbocycles. The van der Waals surface area contributed by atoms with E-state index in [2.05, 4.69) is 16.7 Å². The maximum absolute atomic E-state index is 5.67. The third-order valence-electron chi connectivity index (χ3n) is 3.75. The fourth-order valence-corrected chi connectivity index (χ4v) is 2.55. The van der Waals surface area contributed by atoms with Crippen molar-refractivity contribution in [3.63, 3.8) is 0 Å². The van der Waals surface area contributed by atoms with Gasteiger partial charge in [0.25, 0.3) is 0 Å².